The minimum Gasteiger partial charge on any atom is -0.310 e. The molecule has 0 fully saturated rings. The van der Waals surface area contributed by atoms with E-state index in [1.807, 2.05) is 0 Å². The molecule has 0 aromatic heterocycles. The minimum absolute atomic E-state index is 0.142. The topological polar surface area (TPSA) is 3.24 Å². The van der Waals surface area contributed by atoms with Crippen LogP contribution in [0.4, 0.5) is 17.1 Å². The number of nitrogens with zero attached hydrogens (tertiary/aromatic N) is 1. The van der Waals surface area contributed by atoms with Gasteiger partial charge in [-0.2, -0.15) is 0 Å². The third kappa shape index (κ3) is 5.75. The van der Waals surface area contributed by atoms with Crippen molar-refractivity contribution in [3.8, 4) is 55.6 Å². The molecule has 0 bridgehead atoms. The predicted molar refractivity (Wildman–Crippen MR) is 284 cm³/mol. The normalized spacial score (nSPS) is 14.8. The van der Waals surface area contributed by atoms with Gasteiger partial charge in [0.15, 0.2) is 0 Å². The van der Waals surface area contributed by atoms with Crippen LogP contribution in [0.15, 0.2) is 237 Å². The van der Waals surface area contributed by atoms with Gasteiger partial charge in [0.25, 0.3) is 0 Å². The maximum Gasteiger partial charge on any atom is 0.0719 e. The highest BCUT2D eigenvalue weighted by Crippen LogP contribution is 2.62. The molecule has 0 unspecified atom stereocenters. The van der Waals surface area contributed by atoms with Crippen molar-refractivity contribution in [3.05, 3.63) is 281 Å². The highest BCUT2D eigenvalue weighted by molar-refractivity contribution is 5.94. The molecule has 324 valence electrons. The zero-order valence-electron chi connectivity index (χ0n) is 39.0. The summed E-state index contributed by atoms with van der Waals surface area (Å²) >= 11 is 0. The van der Waals surface area contributed by atoms with E-state index in [2.05, 4.69) is 269 Å². The van der Waals surface area contributed by atoms with Crippen LogP contribution in [0.2, 0.25) is 0 Å². The van der Waals surface area contributed by atoms with Gasteiger partial charge in [0.05, 0.1) is 11.1 Å². The first-order valence-corrected chi connectivity index (χ1v) is 24.1. The lowest BCUT2D eigenvalue weighted by molar-refractivity contribution is 0.563. The van der Waals surface area contributed by atoms with Crippen molar-refractivity contribution in [2.24, 2.45) is 0 Å². The molecule has 10 aromatic carbocycles. The van der Waals surface area contributed by atoms with Gasteiger partial charge in [0, 0.05) is 27.8 Å². The summed E-state index contributed by atoms with van der Waals surface area (Å²) in [5, 5.41) is 0. The van der Waals surface area contributed by atoms with E-state index in [0.29, 0.717) is 0 Å². The SMILES string of the molecule is CC1(C)c2ccccc2-c2ccc(N(c3ccc(-c4ccc5c(c4)C4(c6ccccc6-5)c5ccccc5C(C)(C)c5ccccc54)cc3)c3ccc(-c4ccccc4)cc3-c3ccccc3)cc21. The lowest BCUT2D eigenvalue weighted by Gasteiger charge is -2.46. The Balaban J connectivity index is 0.987. The molecule has 1 heteroatoms. The highest BCUT2D eigenvalue weighted by atomic mass is 15.1. The molecule has 0 atom stereocenters. The third-order valence-corrected chi connectivity index (χ3v) is 15.8. The summed E-state index contributed by atoms with van der Waals surface area (Å²) in [6.45, 7) is 9.53. The van der Waals surface area contributed by atoms with Gasteiger partial charge in [-0.1, -0.05) is 222 Å². The van der Waals surface area contributed by atoms with Crippen LogP contribution in [-0.2, 0) is 16.2 Å². The predicted octanol–water partition coefficient (Wildman–Crippen LogP) is 17.5. The van der Waals surface area contributed by atoms with Crippen molar-refractivity contribution in [1.29, 1.82) is 0 Å². The zero-order valence-corrected chi connectivity index (χ0v) is 39.0. The molecule has 0 radical (unpaired) electrons. The van der Waals surface area contributed by atoms with E-state index in [1.165, 1.54) is 100 Å². The molecule has 10 aromatic rings. The molecular weight excluding hydrogens is 819 g/mol. The van der Waals surface area contributed by atoms with Gasteiger partial charge in [-0.25, -0.2) is 0 Å². The van der Waals surface area contributed by atoms with Crippen molar-refractivity contribution >= 4 is 17.1 Å². The monoisotopic (exact) mass is 869 g/mol. The first-order chi connectivity index (χ1) is 33.2. The lowest BCUT2D eigenvalue weighted by atomic mass is 9.55. The molecule has 0 saturated carbocycles. The second-order valence-electron chi connectivity index (χ2n) is 20.0. The average Bonchev–Trinajstić information content (AvgIpc) is 3.81. The van der Waals surface area contributed by atoms with Gasteiger partial charge in [-0.05, 0) is 137 Å². The maximum absolute atomic E-state index is 2.50. The van der Waals surface area contributed by atoms with Crippen LogP contribution in [0, 0.1) is 0 Å². The summed E-state index contributed by atoms with van der Waals surface area (Å²) in [6.07, 6.45) is 0. The Hall–Kier alpha value is -8.00. The molecule has 0 N–H and O–H groups in total. The Morgan fingerprint density at radius 2 is 0.676 bits per heavy atom. The maximum atomic E-state index is 2.50. The Bertz CT molecular complexity index is 3560. The Morgan fingerprint density at radius 3 is 1.34 bits per heavy atom. The third-order valence-electron chi connectivity index (χ3n) is 15.8. The molecule has 0 saturated heterocycles. The van der Waals surface area contributed by atoms with Crippen LogP contribution in [0.25, 0.3) is 55.6 Å². The molecule has 0 amide bonds. The van der Waals surface area contributed by atoms with E-state index in [4.69, 9.17) is 0 Å². The van der Waals surface area contributed by atoms with Gasteiger partial charge in [0.1, 0.15) is 0 Å². The number of anilines is 3. The van der Waals surface area contributed by atoms with Crippen LogP contribution >= 0.6 is 0 Å². The Kier molecular flexibility index (Phi) is 8.89. The lowest BCUT2D eigenvalue weighted by Crippen LogP contribution is -2.40. The second kappa shape index (κ2) is 15.0. The summed E-state index contributed by atoms with van der Waals surface area (Å²) in [5.74, 6) is 0. The van der Waals surface area contributed by atoms with Gasteiger partial charge in [-0.3, -0.25) is 0 Å². The molecule has 3 aliphatic rings. The van der Waals surface area contributed by atoms with Crippen molar-refractivity contribution < 1.29 is 0 Å². The fourth-order valence-corrected chi connectivity index (χ4v) is 12.5. The molecule has 0 aliphatic heterocycles. The molecule has 1 spiro atoms. The molecule has 13 rings (SSSR count). The van der Waals surface area contributed by atoms with Crippen molar-refractivity contribution in [2.45, 2.75) is 43.9 Å². The van der Waals surface area contributed by atoms with Crippen LogP contribution in [0.3, 0.4) is 0 Å². The fraction of sp³-hybridized carbons (Fsp3) is 0.104. The smallest absolute Gasteiger partial charge is 0.0719 e. The quantitative estimate of drug-likeness (QED) is 0.161. The van der Waals surface area contributed by atoms with Crippen molar-refractivity contribution in [2.75, 3.05) is 4.90 Å². The molecule has 68 heavy (non-hydrogen) atoms. The van der Waals surface area contributed by atoms with E-state index >= 15 is 0 Å². The van der Waals surface area contributed by atoms with E-state index in [0.717, 1.165) is 17.1 Å². The van der Waals surface area contributed by atoms with Gasteiger partial charge < -0.3 is 4.90 Å². The van der Waals surface area contributed by atoms with Crippen molar-refractivity contribution in [1.82, 2.24) is 0 Å². The minimum atomic E-state index is -0.442. The summed E-state index contributed by atoms with van der Waals surface area (Å²) in [5.41, 5.74) is 26.1. The van der Waals surface area contributed by atoms with Crippen LogP contribution in [0.5, 0.6) is 0 Å². The first-order valence-electron chi connectivity index (χ1n) is 24.1. The zero-order chi connectivity index (χ0) is 45.8. The molecule has 1 nitrogen and oxygen atoms in total. The Labute approximate surface area is 400 Å². The van der Waals surface area contributed by atoms with Gasteiger partial charge in [0.2, 0.25) is 0 Å². The number of hydrogen-bond donors (Lipinski definition) is 0. The summed E-state index contributed by atoms with van der Waals surface area (Å²) < 4.78 is 0. The second-order valence-corrected chi connectivity index (χ2v) is 20.0. The number of hydrogen-bond acceptors (Lipinski definition) is 1. The summed E-state index contributed by atoms with van der Waals surface area (Å²) in [6, 6.07) is 88.7. The largest absolute Gasteiger partial charge is 0.310 e. The Morgan fingerprint density at radius 1 is 0.250 bits per heavy atom. The highest BCUT2D eigenvalue weighted by Gasteiger charge is 2.53. The van der Waals surface area contributed by atoms with Crippen LogP contribution in [0.1, 0.15) is 72.2 Å². The first kappa shape index (κ1) is 40.3. The van der Waals surface area contributed by atoms with E-state index in [9.17, 15) is 0 Å². The van der Waals surface area contributed by atoms with Gasteiger partial charge in [-0.15, -0.1) is 0 Å². The van der Waals surface area contributed by atoms with Crippen molar-refractivity contribution in [3.63, 3.8) is 0 Å². The molecule has 3 aliphatic carbocycles. The van der Waals surface area contributed by atoms with Crippen LogP contribution in [-0.4, -0.2) is 0 Å². The standard InChI is InChI=1S/C67H51N/c1-65(2)56-25-13-11-23-51(56)53-39-37-50(43-62(53)65)68(64-40-34-47(44-19-7-5-8-20-44)41-55(64)46-21-9-6-10-22-46)49-35-31-45(32-36-49)48-33-38-54-52-24-12-14-26-57(52)67(63(54)42-48)60-29-17-15-27-58(60)66(3,4)59-28-16-18-30-61(59)67/h5-43H,1-4H3. The van der Waals surface area contributed by atoms with Gasteiger partial charge >= 0.3 is 0 Å². The summed E-state index contributed by atoms with van der Waals surface area (Å²) in [7, 11) is 0. The van der Waals surface area contributed by atoms with E-state index in [-0.39, 0.29) is 10.8 Å². The fourth-order valence-electron chi connectivity index (χ4n) is 12.5. The summed E-state index contributed by atoms with van der Waals surface area (Å²) in [4.78, 5) is 2.48. The number of fused-ring (bicyclic) bond motifs is 12. The molecular formula is C67H51N. The average molecular weight is 870 g/mol. The van der Waals surface area contributed by atoms with E-state index in [1.54, 1.807) is 0 Å². The van der Waals surface area contributed by atoms with E-state index < -0.39 is 5.41 Å². The number of rotatable bonds is 6. The van der Waals surface area contributed by atoms with Crippen LogP contribution < -0.4 is 4.90 Å². The number of benzene rings is 10. The molecule has 0 heterocycles.